The molecule has 33 heavy (non-hydrogen) atoms. The molecule has 0 unspecified atom stereocenters. The zero-order valence-corrected chi connectivity index (χ0v) is 20.8. The zero-order chi connectivity index (χ0) is 23.2. The lowest BCUT2D eigenvalue weighted by atomic mass is 9.54. The van der Waals surface area contributed by atoms with Gasteiger partial charge in [0.1, 0.15) is 0 Å². The van der Waals surface area contributed by atoms with Crippen LogP contribution in [0, 0.1) is 18.8 Å². The number of nitrogens with zero attached hydrogens (tertiary/aromatic N) is 1. The number of imide groups is 1. The maximum absolute atomic E-state index is 14.0. The van der Waals surface area contributed by atoms with Gasteiger partial charge in [-0.3, -0.25) is 9.59 Å². The number of hydrogen-bond donors (Lipinski definition) is 0. The molecular formula is C29H26BrNO2. The molecule has 0 spiro atoms. The van der Waals surface area contributed by atoms with Crippen molar-refractivity contribution in [3.05, 3.63) is 98.5 Å². The summed E-state index contributed by atoms with van der Waals surface area (Å²) in [5, 5.41) is 0. The normalized spacial score (nSPS) is 25.2. The maximum Gasteiger partial charge on any atom is 0.238 e. The predicted molar refractivity (Wildman–Crippen MR) is 134 cm³/mol. The lowest BCUT2D eigenvalue weighted by Gasteiger charge is -2.46. The number of aryl methyl sites for hydroxylation is 1. The summed E-state index contributed by atoms with van der Waals surface area (Å²) in [5.74, 6) is -1.08. The van der Waals surface area contributed by atoms with Crippen molar-refractivity contribution in [1.82, 2.24) is 0 Å². The highest BCUT2D eigenvalue weighted by Crippen LogP contribution is 2.61. The van der Waals surface area contributed by atoms with Crippen LogP contribution in [0.5, 0.6) is 0 Å². The molecule has 4 heteroatoms. The molecule has 166 valence electrons. The summed E-state index contributed by atoms with van der Waals surface area (Å²) in [7, 11) is 0. The zero-order valence-electron chi connectivity index (χ0n) is 19.2. The smallest absolute Gasteiger partial charge is 0.238 e. The number of anilines is 1. The standard InChI is InChI=1S/C29H26BrNO2/c1-15-9-12-22(21(30)13-15)31-27(32)25-23-17-7-5-6-8-18(17)24(26(25)28(31)33)20-14-16(29(2,3)4)10-11-19(20)23/h5-14,23-26H,1-4H3/t23-,24-,25-,26-/m1/s1. The second-order valence-electron chi connectivity index (χ2n) is 10.7. The Morgan fingerprint density at radius 3 is 1.91 bits per heavy atom. The number of halogens is 1. The van der Waals surface area contributed by atoms with Crippen molar-refractivity contribution < 1.29 is 9.59 Å². The van der Waals surface area contributed by atoms with Crippen LogP contribution in [0.25, 0.3) is 0 Å². The third-order valence-electron chi connectivity index (χ3n) is 7.75. The minimum atomic E-state index is -0.367. The summed E-state index contributed by atoms with van der Waals surface area (Å²) in [6.07, 6.45) is 0. The molecule has 1 saturated heterocycles. The SMILES string of the molecule is Cc1ccc(N2C(=O)[C@@H]3[C@@H]4c5ccccc5[C@H](c5cc(C(C)(C)C)ccc54)[C@H]3C2=O)c(Br)c1. The molecule has 0 radical (unpaired) electrons. The van der Waals surface area contributed by atoms with Gasteiger partial charge in [0.15, 0.2) is 0 Å². The van der Waals surface area contributed by atoms with Gasteiger partial charge in [0.25, 0.3) is 0 Å². The molecule has 7 rings (SSSR count). The number of amides is 2. The number of hydrogen-bond acceptors (Lipinski definition) is 2. The highest BCUT2D eigenvalue weighted by atomic mass is 79.9. The van der Waals surface area contributed by atoms with E-state index < -0.39 is 0 Å². The van der Waals surface area contributed by atoms with Crippen LogP contribution in [0.2, 0.25) is 0 Å². The predicted octanol–water partition coefficient (Wildman–Crippen LogP) is 6.45. The van der Waals surface area contributed by atoms with Crippen molar-refractivity contribution in [2.75, 3.05) is 4.90 Å². The molecule has 2 bridgehead atoms. The van der Waals surface area contributed by atoms with E-state index in [0.717, 1.165) is 10.0 Å². The summed E-state index contributed by atoms with van der Waals surface area (Å²) in [4.78, 5) is 29.3. The molecular weight excluding hydrogens is 474 g/mol. The van der Waals surface area contributed by atoms with Gasteiger partial charge in [0.05, 0.1) is 17.5 Å². The van der Waals surface area contributed by atoms with Crippen LogP contribution in [0.1, 0.15) is 66.0 Å². The van der Waals surface area contributed by atoms with Crippen LogP contribution in [0.3, 0.4) is 0 Å². The molecule has 3 aliphatic carbocycles. The van der Waals surface area contributed by atoms with Crippen LogP contribution < -0.4 is 4.90 Å². The fourth-order valence-electron chi connectivity index (χ4n) is 6.22. The van der Waals surface area contributed by atoms with E-state index in [1.54, 1.807) is 0 Å². The molecule has 4 atom stereocenters. The topological polar surface area (TPSA) is 37.4 Å². The number of carbonyl (C=O) groups excluding carboxylic acids is 2. The van der Waals surface area contributed by atoms with Gasteiger partial charge in [-0.15, -0.1) is 0 Å². The van der Waals surface area contributed by atoms with Crippen LogP contribution >= 0.6 is 15.9 Å². The first-order valence-corrected chi connectivity index (χ1v) is 12.3. The van der Waals surface area contributed by atoms with Gasteiger partial charge in [-0.1, -0.05) is 69.3 Å². The van der Waals surface area contributed by atoms with Gasteiger partial charge < -0.3 is 0 Å². The van der Waals surface area contributed by atoms with E-state index in [-0.39, 0.29) is 40.9 Å². The Kier molecular flexibility index (Phi) is 4.36. The molecule has 3 aromatic rings. The van der Waals surface area contributed by atoms with Gasteiger partial charge in [-0.25, -0.2) is 4.90 Å². The van der Waals surface area contributed by atoms with E-state index in [2.05, 4.69) is 73.1 Å². The summed E-state index contributed by atoms with van der Waals surface area (Å²) >= 11 is 3.60. The van der Waals surface area contributed by atoms with Gasteiger partial charge >= 0.3 is 0 Å². The third-order valence-corrected chi connectivity index (χ3v) is 8.38. The second-order valence-corrected chi connectivity index (χ2v) is 11.6. The average molecular weight is 500 g/mol. The van der Waals surface area contributed by atoms with Crippen LogP contribution in [-0.4, -0.2) is 11.8 Å². The molecule has 0 N–H and O–H groups in total. The van der Waals surface area contributed by atoms with E-state index in [1.165, 1.54) is 32.7 Å². The van der Waals surface area contributed by atoms with Gasteiger partial charge in [0, 0.05) is 16.3 Å². The Hall–Kier alpha value is -2.72. The van der Waals surface area contributed by atoms with E-state index in [9.17, 15) is 9.59 Å². The highest BCUT2D eigenvalue weighted by Gasteiger charge is 2.62. The summed E-state index contributed by atoms with van der Waals surface area (Å²) < 4.78 is 0.778. The van der Waals surface area contributed by atoms with Crippen LogP contribution in [-0.2, 0) is 15.0 Å². The first-order chi connectivity index (χ1) is 15.7. The monoisotopic (exact) mass is 499 g/mol. The average Bonchev–Trinajstić information content (AvgIpc) is 3.04. The molecule has 2 amide bonds. The van der Waals surface area contributed by atoms with Crippen molar-refractivity contribution >= 4 is 33.4 Å². The van der Waals surface area contributed by atoms with Crippen molar-refractivity contribution in [3.63, 3.8) is 0 Å². The van der Waals surface area contributed by atoms with Crippen molar-refractivity contribution in [2.24, 2.45) is 11.8 Å². The summed E-state index contributed by atoms with van der Waals surface area (Å²) in [6, 6.07) is 20.9. The summed E-state index contributed by atoms with van der Waals surface area (Å²) in [5.41, 5.74) is 7.83. The van der Waals surface area contributed by atoms with Crippen molar-refractivity contribution in [2.45, 2.75) is 44.9 Å². The first kappa shape index (κ1) is 20.9. The highest BCUT2D eigenvalue weighted by molar-refractivity contribution is 9.10. The van der Waals surface area contributed by atoms with Crippen molar-refractivity contribution in [3.8, 4) is 0 Å². The second kappa shape index (κ2) is 6.89. The van der Waals surface area contributed by atoms with Gasteiger partial charge in [-0.2, -0.15) is 0 Å². The van der Waals surface area contributed by atoms with Crippen LogP contribution in [0.4, 0.5) is 5.69 Å². The summed E-state index contributed by atoms with van der Waals surface area (Å²) in [6.45, 7) is 8.65. The van der Waals surface area contributed by atoms with Gasteiger partial charge in [0.2, 0.25) is 11.8 Å². The molecule has 3 aromatic carbocycles. The molecule has 0 saturated carbocycles. The molecule has 1 heterocycles. The van der Waals surface area contributed by atoms with E-state index in [0.29, 0.717) is 5.69 Å². The minimum absolute atomic E-state index is 0.0128. The third kappa shape index (κ3) is 2.80. The number of carbonyl (C=O) groups is 2. The lowest BCUT2D eigenvalue weighted by molar-refractivity contribution is -0.122. The first-order valence-electron chi connectivity index (χ1n) is 11.6. The number of rotatable bonds is 1. The maximum atomic E-state index is 14.0. The van der Waals surface area contributed by atoms with Crippen LogP contribution in [0.15, 0.2) is 65.1 Å². The molecule has 0 aromatic heterocycles. The lowest BCUT2D eigenvalue weighted by Crippen LogP contribution is -2.41. The number of benzene rings is 3. The Labute approximate surface area is 202 Å². The molecule has 1 fully saturated rings. The van der Waals surface area contributed by atoms with Crippen molar-refractivity contribution in [1.29, 1.82) is 0 Å². The largest absolute Gasteiger partial charge is 0.274 e. The molecule has 4 aliphatic rings. The molecule has 1 aliphatic heterocycles. The minimum Gasteiger partial charge on any atom is -0.274 e. The Morgan fingerprint density at radius 2 is 1.33 bits per heavy atom. The Morgan fingerprint density at radius 1 is 0.758 bits per heavy atom. The Balaban J connectivity index is 1.56. The van der Waals surface area contributed by atoms with E-state index in [4.69, 9.17) is 0 Å². The van der Waals surface area contributed by atoms with E-state index >= 15 is 0 Å². The fraction of sp³-hybridized carbons (Fsp3) is 0.310. The fourth-order valence-corrected chi connectivity index (χ4v) is 6.90. The quantitative estimate of drug-likeness (QED) is 0.360. The Bertz CT molecular complexity index is 1350. The van der Waals surface area contributed by atoms with Gasteiger partial charge in [-0.05, 0) is 73.8 Å². The molecule has 3 nitrogen and oxygen atoms in total. The van der Waals surface area contributed by atoms with E-state index in [1.807, 2.05) is 31.2 Å².